The number of amides is 2. The topological polar surface area (TPSA) is 110 Å². The van der Waals surface area contributed by atoms with Crippen molar-refractivity contribution in [2.75, 3.05) is 40.8 Å². The summed E-state index contributed by atoms with van der Waals surface area (Å²) in [6.07, 6.45) is 1.72. The van der Waals surface area contributed by atoms with Gasteiger partial charge in [0, 0.05) is 46.3 Å². The number of nitrogens with one attached hydrogen (secondary N) is 1. The number of nitrogens with zero attached hydrogens (tertiary/aromatic N) is 4. The zero-order valence-electron chi connectivity index (χ0n) is 20.3. The average Bonchev–Trinajstić information content (AvgIpc) is 3.26. The number of likely N-dealkylation sites (N-methyl/N-ethyl adjacent to an activating group) is 1. The molecule has 184 valence electrons. The zero-order valence-corrected chi connectivity index (χ0v) is 20.3. The van der Waals surface area contributed by atoms with Crippen molar-refractivity contribution in [1.82, 2.24) is 24.7 Å². The molecule has 3 aromatic rings. The van der Waals surface area contributed by atoms with E-state index in [-0.39, 0.29) is 35.9 Å². The van der Waals surface area contributed by atoms with Crippen LogP contribution < -0.4 is 5.56 Å². The van der Waals surface area contributed by atoms with Gasteiger partial charge in [-0.1, -0.05) is 18.2 Å². The Morgan fingerprint density at radius 2 is 2.00 bits per heavy atom. The van der Waals surface area contributed by atoms with E-state index < -0.39 is 0 Å². The molecule has 4 rings (SSSR count). The number of rotatable bonds is 7. The van der Waals surface area contributed by atoms with E-state index in [0.717, 1.165) is 17.7 Å². The van der Waals surface area contributed by atoms with E-state index >= 15 is 0 Å². The van der Waals surface area contributed by atoms with Gasteiger partial charge in [0.25, 0.3) is 11.5 Å². The largest absolute Gasteiger partial charge is 0.392 e. The minimum Gasteiger partial charge on any atom is -0.392 e. The average molecular weight is 478 g/mol. The van der Waals surface area contributed by atoms with Crippen molar-refractivity contribution in [3.8, 4) is 0 Å². The minimum absolute atomic E-state index is 0.0929. The minimum atomic E-state index is -0.369. The van der Waals surface area contributed by atoms with E-state index in [4.69, 9.17) is 0 Å². The van der Waals surface area contributed by atoms with Gasteiger partial charge in [0.2, 0.25) is 5.91 Å². The fourth-order valence-electron chi connectivity index (χ4n) is 4.48. The van der Waals surface area contributed by atoms with Gasteiger partial charge in [-0.2, -0.15) is 0 Å². The monoisotopic (exact) mass is 477 g/mol. The molecule has 2 amide bonds. The molecule has 1 aromatic heterocycles. The van der Waals surface area contributed by atoms with Crippen LogP contribution in [0.5, 0.6) is 0 Å². The molecule has 0 radical (unpaired) electrons. The van der Waals surface area contributed by atoms with Crippen LogP contribution in [0.3, 0.4) is 0 Å². The number of benzene rings is 2. The number of β-amino-alcohol motifs (C(OH)–C–C–N with tert-alkyl or cyclic N) is 1. The Hall–Kier alpha value is -3.56. The first-order chi connectivity index (χ1) is 16.7. The van der Waals surface area contributed by atoms with Gasteiger partial charge in [-0.25, -0.2) is 4.98 Å². The summed E-state index contributed by atoms with van der Waals surface area (Å²) in [7, 11) is 5.19. The molecular weight excluding hydrogens is 446 g/mol. The maximum atomic E-state index is 13.4. The molecule has 2 aromatic carbocycles. The number of fused-ring (bicyclic) bond motifs is 1. The third kappa shape index (κ3) is 5.75. The molecule has 1 fully saturated rings. The number of carbonyl (C=O) groups is 2. The highest BCUT2D eigenvalue weighted by Crippen LogP contribution is 2.25. The second kappa shape index (κ2) is 10.4. The smallest absolute Gasteiger partial charge is 0.266 e. The molecule has 9 nitrogen and oxygen atoms in total. The van der Waals surface area contributed by atoms with Gasteiger partial charge in [0.05, 0.1) is 35.8 Å². The normalized spacial score (nSPS) is 16.9. The molecule has 2 heterocycles. The van der Waals surface area contributed by atoms with E-state index in [1.165, 1.54) is 11.1 Å². The number of aliphatic hydroxyl groups is 1. The third-order valence-corrected chi connectivity index (χ3v) is 6.46. The molecule has 0 bridgehead atoms. The molecule has 2 N–H and O–H groups in total. The fraction of sp³-hybridized carbons (Fsp3) is 0.385. The van der Waals surface area contributed by atoms with Crippen LogP contribution in [0, 0.1) is 0 Å². The SMILES string of the molecule is CN(C)C(=O)c1cccc([C@@H](CN2CCC(O)C2)N(C)C(=O)Cc2ccc3ncc(=O)[nH]c3c2)c1. The molecule has 1 aliphatic rings. The fourth-order valence-corrected chi connectivity index (χ4v) is 4.48. The van der Waals surface area contributed by atoms with Gasteiger partial charge < -0.3 is 19.9 Å². The predicted molar refractivity (Wildman–Crippen MR) is 133 cm³/mol. The Morgan fingerprint density at radius 3 is 2.71 bits per heavy atom. The molecule has 0 aliphatic carbocycles. The zero-order chi connectivity index (χ0) is 25.1. The van der Waals surface area contributed by atoms with Gasteiger partial charge in [-0.15, -0.1) is 0 Å². The molecule has 2 atom stereocenters. The van der Waals surface area contributed by atoms with E-state index in [1.54, 1.807) is 44.2 Å². The van der Waals surface area contributed by atoms with Crippen molar-refractivity contribution in [3.05, 3.63) is 75.7 Å². The van der Waals surface area contributed by atoms with Crippen molar-refractivity contribution in [1.29, 1.82) is 0 Å². The van der Waals surface area contributed by atoms with E-state index in [0.29, 0.717) is 36.1 Å². The van der Waals surface area contributed by atoms with Gasteiger partial charge in [0.15, 0.2) is 0 Å². The summed E-state index contributed by atoms with van der Waals surface area (Å²) in [6, 6.07) is 12.5. The summed E-state index contributed by atoms with van der Waals surface area (Å²) in [5.74, 6) is -0.195. The number of likely N-dealkylation sites (tertiary alicyclic amines) is 1. The molecule has 1 unspecified atom stereocenters. The van der Waals surface area contributed by atoms with Crippen molar-refractivity contribution < 1.29 is 14.7 Å². The van der Waals surface area contributed by atoms with E-state index in [1.807, 2.05) is 24.3 Å². The summed E-state index contributed by atoms with van der Waals surface area (Å²) in [4.78, 5) is 49.8. The maximum Gasteiger partial charge on any atom is 0.266 e. The first-order valence-electron chi connectivity index (χ1n) is 11.7. The predicted octanol–water partition coefficient (Wildman–Crippen LogP) is 1.43. The lowest BCUT2D eigenvalue weighted by Gasteiger charge is -2.32. The maximum absolute atomic E-state index is 13.4. The van der Waals surface area contributed by atoms with Crippen LogP contribution in [0.1, 0.15) is 33.9 Å². The Balaban J connectivity index is 1.60. The first-order valence-corrected chi connectivity index (χ1v) is 11.7. The first kappa shape index (κ1) is 24.6. The molecular formula is C26H31N5O4. The number of hydrogen-bond acceptors (Lipinski definition) is 6. The van der Waals surface area contributed by atoms with Crippen molar-refractivity contribution in [2.45, 2.75) is 25.0 Å². The van der Waals surface area contributed by atoms with Crippen LogP contribution in [-0.2, 0) is 11.2 Å². The standard InChI is InChI=1S/C26H31N5O4/c1-29(2)26(35)19-6-4-5-18(13-19)23(16-31-10-9-20(32)15-31)30(3)25(34)12-17-7-8-21-22(11-17)28-24(33)14-27-21/h4-8,11,13-14,20,23,32H,9-10,12,15-16H2,1-3H3,(H,28,33)/t20?,23-/m1/s1. The van der Waals surface area contributed by atoms with Crippen LogP contribution in [0.25, 0.3) is 11.0 Å². The molecule has 1 aliphatic heterocycles. The summed E-state index contributed by atoms with van der Waals surface area (Å²) in [5, 5.41) is 10.0. The summed E-state index contributed by atoms with van der Waals surface area (Å²) < 4.78 is 0. The van der Waals surface area contributed by atoms with Gasteiger partial charge in [-0.05, 0) is 41.8 Å². The van der Waals surface area contributed by atoms with Gasteiger partial charge in [0.1, 0.15) is 0 Å². The highest BCUT2D eigenvalue weighted by molar-refractivity contribution is 5.94. The van der Waals surface area contributed by atoms with Gasteiger partial charge >= 0.3 is 0 Å². The van der Waals surface area contributed by atoms with E-state index in [2.05, 4.69) is 14.9 Å². The number of aromatic nitrogens is 2. The second-order valence-corrected chi connectivity index (χ2v) is 9.32. The number of aliphatic hydroxyl groups excluding tert-OH is 1. The summed E-state index contributed by atoms with van der Waals surface area (Å²) in [5.41, 5.74) is 3.14. The molecule has 0 saturated carbocycles. The van der Waals surface area contributed by atoms with Crippen LogP contribution in [-0.4, -0.2) is 88.5 Å². The lowest BCUT2D eigenvalue weighted by Crippen LogP contribution is -2.39. The number of carbonyl (C=O) groups excluding carboxylic acids is 2. The van der Waals surface area contributed by atoms with Crippen molar-refractivity contribution >= 4 is 22.8 Å². The van der Waals surface area contributed by atoms with Crippen LogP contribution >= 0.6 is 0 Å². The highest BCUT2D eigenvalue weighted by Gasteiger charge is 2.28. The second-order valence-electron chi connectivity index (χ2n) is 9.32. The molecule has 35 heavy (non-hydrogen) atoms. The molecule has 1 saturated heterocycles. The number of hydrogen-bond donors (Lipinski definition) is 2. The Bertz CT molecular complexity index is 1290. The number of H-pyrrole nitrogens is 1. The molecule has 9 heteroatoms. The van der Waals surface area contributed by atoms with Crippen LogP contribution in [0.15, 0.2) is 53.5 Å². The van der Waals surface area contributed by atoms with E-state index in [9.17, 15) is 19.5 Å². The van der Waals surface area contributed by atoms with Crippen LogP contribution in [0.4, 0.5) is 0 Å². The quantitative estimate of drug-likeness (QED) is 0.533. The van der Waals surface area contributed by atoms with Gasteiger partial charge in [-0.3, -0.25) is 19.3 Å². The molecule has 0 spiro atoms. The third-order valence-electron chi connectivity index (χ3n) is 6.46. The van der Waals surface area contributed by atoms with Crippen molar-refractivity contribution in [2.24, 2.45) is 0 Å². The Morgan fingerprint density at radius 1 is 1.20 bits per heavy atom. The van der Waals surface area contributed by atoms with Crippen molar-refractivity contribution in [3.63, 3.8) is 0 Å². The number of aromatic amines is 1. The van der Waals surface area contributed by atoms with Crippen LogP contribution in [0.2, 0.25) is 0 Å². The Labute approximate surface area is 204 Å². The summed E-state index contributed by atoms with van der Waals surface area (Å²) in [6.45, 7) is 1.86. The lowest BCUT2D eigenvalue weighted by atomic mass is 10.0. The summed E-state index contributed by atoms with van der Waals surface area (Å²) >= 11 is 0. The highest BCUT2D eigenvalue weighted by atomic mass is 16.3. The lowest BCUT2D eigenvalue weighted by molar-refractivity contribution is -0.131. The Kier molecular flexibility index (Phi) is 7.28.